The maximum atomic E-state index is 11.3. The van der Waals surface area contributed by atoms with E-state index in [-0.39, 0.29) is 4.90 Å². The van der Waals surface area contributed by atoms with Crippen molar-refractivity contribution in [3.05, 3.63) is 52.9 Å². The zero-order valence-corrected chi connectivity index (χ0v) is 13.4. The fraction of sp³-hybridized carbons (Fsp3) is 0.143. The van der Waals surface area contributed by atoms with Gasteiger partial charge in [-0.3, -0.25) is 5.10 Å². The average molecular weight is 334 g/mol. The van der Waals surface area contributed by atoms with Crippen molar-refractivity contribution in [3.63, 3.8) is 0 Å². The lowest BCUT2D eigenvalue weighted by atomic mass is 10.2. The number of thiazole rings is 1. The van der Waals surface area contributed by atoms with E-state index >= 15 is 0 Å². The standard InChI is InChI=1S/C14H14N4O2S2/c1-9-14(10-2-4-12(5-3-10)22(15,19)20)21-13(17-9)8-11-6-7-16-18-11/h2-7H,8H2,1H3,(H,16,18)(H2,15,19,20). The normalized spacial score (nSPS) is 11.7. The van der Waals surface area contributed by atoms with Crippen molar-refractivity contribution in [2.75, 3.05) is 0 Å². The molecule has 114 valence electrons. The number of nitrogens with zero attached hydrogens (tertiary/aromatic N) is 2. The largest absolute Gasteiger partial charge is 0.282 e. The highest BCUT2D eigenvalue weighted by atomic mass is 32.2. The molecule has 0 aliphatic rings. The van der Waals surface area contributed by atoms with Gasteiger partial charge >= 0.3 is 0 Å². The minimum absolute atomic E-state index is 0.108. The Hall–Kier alpha value is -2.03. The number of aromatic amines is 1. The van der Waals surface area contributed by atoms with E-state index in [1.807, 2.05) is 13.0 Å². The summed E-state index contributed by atoms with van der Waals surface area (Å²) in [6.45, 7) is 1.94. The van der Waals surface area contributed by atoms with Crippen LogP contribution in [0, 0.1) is 6.92 Å². The average Bonchev–Trinajstić information content (AvgIpc) is 3.08. The van der Waals surface area contributed by atoms with Crippen molar-refractivity contribution in [2.45, 2.75) is 18.2 Å². The molecular formula is C14H14N4O2S2. The number of nitrogens with two attached hydrogens (primary N) is 1. The van der Waals surface area contributed by atoms with Crippen LogP contribution in [0.3, 0.4) is 0 Å². The van der Waals surface area contributed by atoms with E-state index in [0.717, 1.165) is 26.8 Å². The fourth-order valence-electron chi connectivity index (χ4n) is 2.14. The molecule has 0 atom stereocenters. The fourth-order valence-corrected chi connectivity index (χ4v) is 3.75. The summed E-state index contributed by atoms with van der Waals surface area (Å²) in [5.41, 5.74) is 2.85. The molecular weight excluding hydrogens is 320 g/mol. The number of aryl methyl sites for hydroxylation is 1. The van der Waals surface area contributed by atoms with Crippen molar-refractivity contribution < 1.29 is 8.42 Å². The maximum absolute atomic E-state index is 11.3. The Kier molecular flexibility index (Phi) is 3.81. The Morgan fingerprint density at radius 3 is 2.55 bits per heavy atom. The summed E-state index contributed by atoms with van der Waals surface area (Å²) in [6.07, 6.45) is 2.41. The number of hydrogen-bond donors (Lipinski definition) is 2. The molecule has 22 heavy (non-hydrogen) atoms. The van der Waals surface area contributed by atoms with Gasteiger partial charge in [-0.1, -0.05) is 12.1 Å². The van der Waals surface area contributed by atoms with E-state index in [4.69, 9.17) is 5.14 Å². The molecule has 3 N–H and O–H groups in total. The van der Waals surface area contributed by atoms with Gasteiger partial charge in [0.15, 0.2) is 0 Å². The summed E-state index contributed by atoms with van der Waals surface area (Å²) < 4.78 is 22.6. The summed E-state index contributed by atoms with van der Waals surface area (Å²) in [5.74, 6) is 0. The Morgan fingerprint density at radius 2 is 1.95 bits per heavy atom. The number of primary sulfonamides is 1. The number of sulfonamides is 1. The number of H-pyrrole nitrogens is 1. The molecule has 0 aliphatic heterocycles. The van der Waals surface area contributed by atoms with Crippen molar-refractivity contribution in [1.29, 1.82) is 0 Å². The van der Waals surface area contributed by atoms with Gasteiger partial charge in [-0.2, -0.15) is 5.10 Å². The minimum Gasteiger partial charge on any atom is -0.282 e. The predicted octanol–water partition coefficient (Wildman–Crippen LogP) is 2.08. The lowest BCUT2D eigenvalue weighted by Gasteiger charge is -2.01. The zero-order valence-electron chi connectivity index (χ0n) is 11.8. The second kappa shape index (κ2) is 5.64. The van der Waals surface area contributed by atoms with E-state index in [1.54, 1.807) is 29.7 Å². The molecule has 0 aliphatic carbocycles. The van der Waals surface area contributed by atoms with E-state index < -0.39 is 10.0 Å². The van der Waals surface area contributed by atoms with Gasteiger partial charge in [-0.05, 0) is 30.7 Å². The first-order chi connectivity index (χ1) is 10.4. The molecule has 0 saturated carbocycles. The molecule has 2 heterocycles. The van der Waals surface area contributed by atoms with E-state index in [1.165, 1.54) is 12.1 Å². The Morgan fingerprint density at radius 1 is 1.23 bits per heavy atom. The molecule has 3 rings (SSSR count). The molecule has 8 heteroatoms. The molecule has 6 nitrogen and oxygen atoms in total. The number of benzene rings is 1. The molecule has 0 amide bonds. The molecule has 0 spiro atoms. The quantitative estimate of drug-likeness (QED) is 0.762. The van der Waals surface area contributed by atoms with Crippen molar-refractivity contribution in [3.8, 4) is 10.4 Å². The van der Waals surface area contributed by atoms with Crippen LogP contribution in [-0.2, 0) is 16.4 Å². The predicted molar refractivity (Wildman–Crippen MR) is 85.1 cm³/mol. The maximum Gasteiger partial charge on any atom is 0.238 e. The number of aromatic nitrogens is 3. The lowest BCUT2D eigenvalue weighted by molar-refractivity contribution is 0.598. The second-order valence-corrected chi connectivity index (χ2v) is 7.50. The highest BCUT2D eigenvalue weighted by Gasteiger charge is 2.12. The van der Waals surface area contributed by atoms with E-state index in [9.17, 15) is 8.42 Å². The molecule has 2 aromatic heterocycles. The van der Waals surface area contributed by atoms with Crippen LogP contribution >= 0.6 is 11.3 Å². The van der Waals surface area contributed by atoms with Gasteiger partial charge in [0.1, 0.15) is 0 Å². The van der Waals surface area contributed by atoms with Gasteiger partial charge in [-0.25, -0.2) is 18.5 Å². The Bertz CT molecular complexity index is 882. The minimum atomic E-state index is -3.66. The van der Waals surface area contributed by atoms with Crippen LogP contribution in [0.5, 0.6) is 0 Å². The molecule has 3 aromatic rings. The van der Waals surface area contributed by atoms with Gasteiger partial charge in [0.25, 0.3) is 0 Å². The Balaban J connectivity index is 1.90. The van der Waals surface area contributed by atoms with Crippen LogP contribution in [0.25, 0.3) is 10.4 Å². The van der Waals surface area contributed by atoms with Crippen LogP contribution in [0.1, 0.15) is 16.4 Å². The summed E-state index contributed by atoms with van der Waals surface area (Å²) in [6, 6.07) is 8.44. The topological polar surface area (TPSA) is 102 Å². The first kappa shape index (κ1) is 14.9. The van der Waals surface area contributed by atoms with E-state index in [0.29, 0.717) is 6.42 Å². The van der Waals surface area contributed by atoms with Gasteiger partial charge in [0.2, 0.25) is 10.0 Å². The summed E-state index contributed by atoms with van der Waals surface area (Å²) in [4.78, 5) is 5.69. The summed E-state index contributed by atoms with van der Waals surface area (Å²) >= 11 is 1.58. The molecule has 1 aromatic carbocycles. The van der Waals surface area contributed by atoms with Crippen LogP contribution in [-0.4, -0.2) is 23.6 Å². The summed E-state index contributed by atoms with van der Waals surface area (Å²) in [7, 11) is -3.66. The van der Waals surface area contributed by atoms with Gasteiger partial charge in [-0.15, -0.1) is 11.3 Å². The molecule has 0 fully saturated rings. The Labute approximate surface area is 132 Å². The highest BCUT2D eigenvalue weighted by Crippen LogP contribution is 2.31. The number of nitrogens with one attached hydrogen (secondary N) is 1. The summed E-state index contributed by atoms with van der Waals surface area (Å²) in [5, 5.41) is 12.9. The van der Waals surface area contributed by atoms with Gasteiger partial charge in [0, 0.05) is 18.3 Å². The third-order valence-electron chi connectivity index (χ3n) is 3.19. The third-order valence-corrected chi connectivity index (χ3v) is 5.32. The molecule has 0 saturated heterocycles. The number of rotatable bonds is 4. The molecule has 0 bridgehead atoms. The lowest BCUT2D eigenvalue weighted by Crippen LogP contribution is -2.11. The zero-order chi connectivity index (χ0) is 15.7. The van der Waals surface area contributed by atoms with Crippen LogP contribution < -0.4 is 5.14 Å². The molecule has 0 unspecified atom stereocenters. The molecule has 0 radical (unpaired) electrons. The monoisotopic (exact) mass is 334 g/mol. The highest BCUT2D eigenvalue weighted by molar-refractivity contribution is 7.89. The van der Waals surface area contributed by atoms with Gasteiger partial charge < -0.3 is 0 Å². The SMILES string of the molecule is Cc1nc(Cc2ccn[nH]2)sc1-c1ccc(S(N)(=O)=O)cc1. The third kappa shape index (κ3) is 3.08. The van der Waals surface area contributed by atoms with E-state index in [2.05, 4.69) is 15.2 Å². The first-order valence-electron chi connectivity index (χ1n) is 6.51. The first-order valence-corrected chi connectivity index (χ1v) is 8.87. The van der Waals surface area contributed by atoms with Gasteiger partial charge in [0.05, 0.1) is 20.5 Å². The van der Waals surface area contributed by atoms with Crippen molar-refractivity contribution >= 4 is 21.4 Å². The van der Waals surface area contributed by atoms with Crippen LogP contribution in [0.2, 0.25) is 0 Å². The second-order valence-electron chi connectivity index (χ2n) is 4.85. The van der Waals surface area contributed by atoms with Crippen molar-refractivity contribution in [1.82, 2.24) is 15.2 Å². The number of hydrogen-bond acceptors (Lipinski definition) is 5. The van der Waals surface area contributed by atoms with Crippen LogP contribution in [0.15, 0.2) is 41.4 Å². The van der Waals surface area contributed by atoms with Crippen molar-refractivity contribution in [2.24, 2.45) is 5.14 Å². The van der Waals surface area contributed by atoms with Crippen LogP contribution in [0.4, 0.5) is 0 Å². The smallest absolute Gasteiger partial charge is 0.238 e.